The molecular weight excluding hydrogens is 134 g/mol. The molecule has 0 spiro atoms. The van der Waals surface area contributed by atoms with Gasteiger partial charge in [-0.05, 0) is 31.2 Å². The summed E-state index contributed by atoms with van der Waals surface area (Å²) in [6.07, 6.45) is 4.10. The van der Waals surface area contributed by atoms with E-state index >= 15 is 0 Å². The van der Waals surface area contributed by atoms with Gasteiger partial charge in [0.15, 0.2) is 0 Å². The van der Waals surface area contributed by atoms with Crippen molar-refractivity contribution in [3.63, 3.8) is 0 Å². The third-order valence-corrected chi connectivity index (χ3v) is 2.54. The van der Waals surface area contributed by atoms with Gasteiger partial charge in [-0.25, -0.2) is 0 Å². The third kappa shape index (κ3) is 3.76. The molecule has 0 aliphatic carbocycles. The summed E-state index contributed by atoms with van der Waals surface area (Å²) < 4.78 is 0. The van der Waals surface area contributed by atoms with Gasteiger partial charge in [0.2, 0.25) is 0 Å². The van der Waals surface area contributed by atoms with Gasteiger partial charge in [0.05, 0.1) is 0 Å². The predicted octanol–water partition coefficient (Wildman–Crippen LogP) is 2.81. The first-order valence-corrected chi connectivity index (χ1v) is 4.97. The van der Waals surface area contributed by atoms with E-state index in [1.165, 1.54) is 32.4 Å². The van der Waals surface area contributed by atoms with E-state index in [4.69, 9.17) is 0 Å². The normalized spacial score (nSPS) is 30.5. The molecule has 0 aromatic carbocycles. The molecule has 1 fully saturated rings. The number of rotatable bonds is 1. The van der Waals surface area contributed by atoms with Gasteiger partial charge in [0.1, 0.15) is 0 Å². The highest BCUT2D eigenvalue weighted by atomic mass is 14.9. The molecular formula is C10H23N. The fourth-order valence-electron chi connectivity index (χ4n) is 1.42. The number of hydrogen-bond acceptors (Lipinski definition) is 1. The first-order chi connectivity index (χ1) is 5.27. The lowest BCUT2D eigenvalue weighted by Gasteiger charge is -2.32. The van der Waals surface area contributed by atoms with Crippen LogP contribution in [0.2, 0.25) is 0 Å². The van der Waals surface area contributed by atoms with Crippen LogP contribution in [0.5, 0.6) is 0 Å². The van der Waals surface area contributed by atoms with Crippen molar-refractivity contribution < 1.29 is 0 Å². The summed E-state index contributed by atoms with van der Waals surface area (Å²) in [4.78, 5) is 0. The fourth-order valence-corrected chi connectivity index (χ4v) is 1.42. The van der Waals surface area contributed by atoms with E-state index in [1.807, 2.05) is 13.8 Å². The molecule has 11 heavy (non-hydrogen) atoms. The van der Waals surface area contributed by atoms with Gasteiger partial charge >= 0.3 is 0 Å². The summed E-state index contributed by atoms with van der Waals surface area (Å²) in [5, 5.41) is 3.43. The van der Waals surface area contributed by atoms with Crippen molar-refractivity contribution in [2.45, 2.75) is 47.0 Å². The molecule has 0 aromatic heterocycles. The van der Waals surface area contributed by atoms with E-state index in [0.717, 1.165) is 0 Å². The highest BCUT2D eigenvalue weighted by Gasteiger charge is 2.23. The van der Waals surface area contributed by atoms with Crippen molar-refractivity contribution in [2.75, 3.05) is 13.1 Å². The van der Waals surface area contributed by atoms with Gasteiger partial charge in [0, 0.05) is 6.54 Å². The predicted molar refractivity (Wildman–Crippen MR) is 51.8 cm³/mol. The lowest BCUT2D eigenvalue weighted by Crippen LogP contribution is -2.37. The smallest absolute Gasteiger partial charge is 0.000507 e. The van der Waals surface area contributed by atoms with Gasteiger partial charge in [-0.2, -0.15) is 0 Å². The van der Waals surface area contributed by atoms with Crippen LogP contribution in [0, 0.1) is 5.41 Å². The largest absolute Gasteiger partial charge is 0.316 e. The van der Waals surface area contributed by atoms with Crippen molar-refractivity contribution in [1.29, 1.82) is 0 Å². The minimum Gasteiger partial charge on any atom is -0.316 e. The summed E-state index contributed by atoms with van der Waals surface area (Å²) in [5.74, 6) is 0. The SMILES string of the molecule is CC.CCC1(C)CCCNC1. The molecule has 0 bridgehead atoms. The van der Waals surface area contributed by atoms with Crippen molar-refractivity contribution >= 4 is 0 Å². The number of piperidine rings is 1. The van der Waals surface area contributed by atoms with Crippen LogP contribution in [0.3, 0.4) is 0 Å². The average Bonchev–Trinajstić information content (AvgIpc) is 2.10. The van der Waals surface area contributed by atoms with E-state index in [0.29, 0.717) is 5.41 Å². The number of nitrogens with one attached hydrogen (secondary N) is 1. The Morgan fingerprint density at radius 2 is 2.00 bits per heavy atom. The maximum Gasteiger partial charge on any atom is 0.000507 e. The van der Waals surface area contributed by atoms with Gasteiger partial charge < -0.3 is 5.32 Å². The summed E-state index contributed by atoms with van der Waals surface area (Å²) in [6, 6.07) is 0. The lowest BCUT2D eigenvalue weighted by molar-refractivity contribution is 0.228. The zero-order chi connectivity index (χ0) is 8.74. The Morgan fingerprint density at radius 3 is 2.27 bits per heavy atom. The Labute approximate surface area is 71.6 Å². The van der Waals surface area contributed by atoms with E-state index in [-0.39, 0.29) is 0 Å². The van der Waals surface area contributed by atoms with E-state index in [9.17, 15) is 0 Å². The highest BCUT2D eigenvalue weighted by molar-refractivity contribution is 4.79. The fraction of sp³-hybridized carbons (Fsp3) is 1.00. The second-order valence-electron chi connectivity index (χ2n) is 3.44. The van der Waals surface area contributed by atoms with Gasteiger partial charge in [-0.3, -0.25) is 0 Å². The third-order valence-electron chi connectivity index (χ3n) is 2.54. The van der Waals surface area contributed by atoms with Crippen molar-refractivity contribution in [3.05, 3.63) is 0 Å². The molecule has 1 unspecified atom stereocenters. The van der Waals surface area contributed by atoms with Gasteiger partial charge in [-0.1, -0.05) is 27.7 Å². The summed E-state index contributed by atoms with van der Waals surface area (Å²) in [6.45, 7) is 11.1. The van der Waals surface area contributed by atoms with E-state index in [2.05, 4.69) is 19.2 Å². The summed E-state index contributed by atoms with van der Waals surface area (Å²) in [7, 11) is 0. The molecule has 1 rings (SSSR count). The van der Waals surface area contributed by atoms with Crippen LogP contribution < -0.4 is 5.32 Å². The second kappa shape index (κ2) is 5.59. The van der Waals surface area contributed by atoms with E-state index in [1.54, 1.807) is 0 Å². The molecule has 0 amide bonds. The molecule has 68 valence electrons. The first-order valence-electron chi connectivity index (χ1n) is 4.97. The minimum absolute atomic E-state index is 0.609. The Balaban J connectivity index is 0.000000461. The monoisotopic (exact) mass is 157 g/mol. The summed E-state index contributed by atoms with van der Waals surface area (Å²) >= 11 is 0. The Bertz CT molecular complexity index is 82.9. The lowest BCUT2D eigenvalue weighted by atomic mass is 9.81. The molecule has 1 aliphatic rings. The Morgan fingerprint density at radius 1 is 1.36 bits per heavy atom. The topological polar surface area (TPSA) is 12.0 Å². The zero-order valence-corrected chi connectivity index (χ0v) is 8.54. The van der Waals surface area contributed by atoms with Gasteiger partial charge in [-0.15, -0.1) is 0 Å². The van der Waals surface area contributed by atoms with Crippen LogP contribution in [-0.4, -0.2) is 13.1 Å². The molecule has 1 atom stereocenters. The molecule has 1 N–H and O–H groups in total. The van der Waals surface area contributed by atoms with Crippen LogP contribution in [0.15, 0.2) is 0 Å². The van der Waals surface area contributed by atoms with Crippen molar-refractivity contribution in [1.82, 2.24) is 5.32 Å². The Kier molecular flexibility index (Phi) is 5.57. The minimum atomic E-state index is 0.609. The van der Waals surface area contributed by atoms with Crippen LogP contribution >= 0.6 is 0 Å². The standard InChI is InChI=1S/C8H17N.C2H6/c1-3-8(2)5-4-6-9-7-8;1-2/h9H,3-7H2,1-2H3;1-2H3. The summed E-state index contributed by atoms with van der Waals surface area (Å²) in [5.41, 5.74) is 0.609. The van der Waals surface area contributed by atoms with Crippen LogP contribution in [0.1, 0.15) is 47.0 Å². The molecule has 1 heteroatoms. The molecule has 1 aliphatic heterocycles. The average molecular weight is 157 g/mol. The quantitative estimate of drug-likeness (QED) is 0.617. The van der Waals surface area contributed by atoms with Gasteiger partial charge in [0.25, 0.3) is 0 Å². The van der Waals surface area contributed by atoms with Crippen LogP contribution in [0.4, 0.5) is 0 Å². The molecule has 1 nitrogen and oxygen atoms in total. The second-order valence-corrected chi connectivity index (χ2v) is 3.44. The van der Waals surface area contributed by atoms with E-state index < -0.39 is 0 Å². The molecule has 1 saturated heterocycles. The van der Waals surface area contributed by atoms with Crippen molar-refractivity contribution in [2.24, 2.45) is 5.41 Å². The van der Waals surface area contributed by atoms with Crippen LogP contribution in [-0.2, 0) is 0 Å². The molecule has 0 radical (unpaired) electrons. The first kappa shape index (κ1) is 11.0. The Hall–Kier alpha value is -0.0400. The number of hydrogen-bond donors (Lipinski definition) is 1. The molecule has 0 saturated carbocycles. The van der Waals surface area contributed by atoms with Crippen LogP contribution in [0.25, 0.3) is 0 Å². The zero-order valence-electron chi connectivity index (χ0n) is 8.54. The maximum absolute atomic E-state index is 3.43. The molecule has 0 aromatic rings. The maximum atomic E-state index is 3.43. The van der Waals surface area contributed by atoms with Crippen molar-refractivity contribution in [3.8, 4) is 0 Å². The highest BCUT2D eigenvalue weighted by Crippen LogP contribution is 2.28. The molecule has 1 heterocycles.